The number of methoxy groups -OCH3 is 3. The van der Waals surface area contributed by atoms with Crippen LogP contribution in [0.5, 0.6) is 17.2 Å². The zero-order valence-electron chi connectivity index (χ0n) is 20.2. The van der Waals surface area contributed by atoms with Crippen LogP contribution in [-0.4, -0.2) is 31.1 Å². The first-order valence-corrected chi connectivity index (χ1v) is 11.3. The maximum Gasteiger partial charge on any atom is 0.154 e. The van der Waals surface area contributed by atoms with Crippen LogP contribution in [-0.2, 0) is 19.6 Å². The molecule has 0 saturated carbocycles. The van der Waals surface area contributed by atoms with Crippen molar-refractivity contribution in [1.29, 1.82) is 0 Å². The van der Waals surface area contributed by atoms with Crippen molar-refractivity contribution in [3.05, 3.63) is 101 Å². The minimum atomic E-state index is 0.698. The SMILES string of the molecule is COc1ccc(CN(Cc2ccc(OC)cc2)c2nn(Cc3ccc(OC)cc3)cc2C)cc1. The van der Waals surface area contributed by atoms with Crippen molar-refractivity contribution in [1.82, 2.24) is 9.78 Å². The lowest BCUT2D eigenvalue weighted by molar-refractivity contribution is 0.414. The van der Waals surface area contributed by atoms with Gasteiger partial charge in [-0.1, -0.05) is 36.4 Å². The van der Waals surface area contributed by atoms with Gasteiger partial charge in [0.15, 0.2) is 5.82 Å². The summed E-state index contributed by atoms with van der Waals surface area (Å²) in [5.41, 5.74) is 4.69. The van der Waals surface area contributed by atoms with Gasteiger partial charge in [0.1, 0.15) is 17.2 Å². The number of anilines is 1. The van der Waals surface area contributed by atoms with E-state index in [4.69, 9.17) is 19.3 Å². The molecule has 176 valence electrons. The van der Waals surface area contributed by atoms with E-state index in [1.54, 1.807) is 21.3 Å². The van der Waals surface area contributed by atoms with Crippen molar-refractivity contribution < 1.29 is 14.2 Å². The quantitative estimate of drug-likeness (QED) is 0.316. The molecule has 6 heteroatoms. The van der Waals surface area contributed by atoms with Crippen molar-refractivity contribution in [2.24, 2.45) is 0 Å². The summed E-state index contributed by atoms with van der Waals surface area (Å²) in [6.07, 6.45) is 2.11. The Labute approximate surface area is 201 Å². The number of benzene rings is 3. The lowest BCUT2D eigenvalue weighted by Crippen LogP contribution is -2.23. The van der Waals surface area contributed by atoms with Crippen LogP contribution >= 0.6 is 0 Å². The van der Waals surface area contributed by atoms with E-state index < -0.39 is 0 Å². The van der Waals surface area contributed by atoms with Gasteiger partial charge >= 0.3 is 0 Å². The van der Waals surface area contributed by atoms with Crippen LogP contribution in [0.1, 0.15) is 22.3 Å². The minimum Gasteiger partial charge on any atom is -0.497 e. The molecule has 0 radical (unpaired) electrons. The van der Waals surface area contributed by atoms with E-state index in [9.17, 15) is 0 Å². The largest absolute Gasteiger partial charge is 0.497 e. The van der Waals surface area contributed by atoms with Crippen LogP contribution in [0.15, 0.2) is 79.0 Å². The van der Waals surface area contributed by atoms with Crippen molar-refractivity contribution in [2.45, 2.75) is 26.6 Å². The fourth-order valence-electron chi connectivity index (χ4n) is 3.93. The van der Waals surface area contributed by atoms with Crippen LogP contribution in [0.2, 0.25) is 0 Å². The number of nitrogens with zero attached hydrogens (tertiary/aromatic N) is 3. The van der Waals surface area contributed by atoms with E-state index in [-0.39, 0.29) is 0 Å². The van der Waals surface area contributed by atoms with Crippen LogP contribution in [0.4, 0.5) is 5.82 Å². The molecule has 0 saturated heterocycles. The van der Waals surface area contributed by atoms with E-state index in [0.29, 0.717) is 6.54 Å². The molecule has 6 nitrogen and oxygen atoms in total. The number of ether oxygens (including phenoxy) is 3. The maximum atomic E-state index is 5.32. The predicted molar refractivity (Wildman–Crippen MR) is 135 cm³/mol. The highest BCUT2D eigenvalue weighted by molar-refractivity contribution is 5.47. The summed E-state index contributed by atoms with van der Waals surface area (Å²) < 4.78 is 17.9. The standard InChI is InChI=1S/C28H31N3O3/c1-21-17-31(20-24-9-15-27(34-4)16-10-24)29-28(21)30(18-22-5-11-25(32-2)12-6-22)19-23-7-13-26(33-3)14-8-23/h5-17H,18-20H2,1-4H3. The molecule has 3 aromatic carbocycles. The molecule has 0 aliphatic rings. The van der Waals surface area contributed by atoms with E-state index in [2.05, 4.69) is 54.4 Å². The monoisotopic (exact) mass is 457 g/mol. The Hall–Kier alpha value is -3.93. The number of hydrogen-bond donors (Lipinski definition) is 0. The minimum absolute atomic E-state index is 0.698. The van der Waals surface area contributed by atoms with E-state index in [0.717, 1.165) is 41.7 Å². The second-order valence-corrected chi connectivity index (χ2v) is 8.23. The molecule has 0 amide bonds. The zero-order valence-corrected chi connectivity index (χ0v) is 20.2. The first kappa shape index (κ1) is 23.2. The van der Waals surface area contributed by atoms with Gasteiger partial charge < -0.3 is 19.1 Å². The van der Waals surface area contributed by atoms with Crippen LogP contribution in [0, 0.1) is 6.92 Å². The normalized spacial score (nSPS) is 10.7. The van der Waals surface area contributed by atoms with Gasteiger partial charge in [-0.2, -0.15) is 5.10 Å². The third-order valence-corrected chi connectivity index (χ3v) is 5.79. The summed E-state index contributed by atoms with van der Waals surface area (Å²) >= 11 is 0. The third-order valence-electron chi connectivity index (χ3n) is 5.79. The molecule has 1 heterocycles. The zero-order chi connectivity index (χ0) is 23.9. The van der Waals surface area contributed by atoms with Gasteiger partial charge in [-0.25, -0.2) is 0 Å². The fraction of sp³-hybridized carbons (Fsp3) is 0.250. The molecule has 0 spiro atoms. The summed E-state index contributed by atoms with van der Waals surface area (Å²) in [6.45, 7) is 4.28. The average Bonchev–Trinajstić information content (AvgIpc) is 3.24. The van der Waals surface area contributed by atoms with E-state index in [1.165, 1.54) is 16.7 Å². The molecular weight excluding hydrogens is 426 g/mol. The van der Waals surface area contributed by atoms with Gasteiger partial charge in [-0.05, 0) is 60.0 Å². The summed E-state index contributed by atoms with van der Waals surface area (Å²) in [5, 5.41) is 4.97. The summed E-state index contributed by atoms with van der Waals surface area (Å²) in [4.78, 5) is 2.31. The molecule has 4 aromatic rings. The highest BCUT2D eigenvalue weighted by Crippen LogP contribution is 2.25. The van der Waals surface area contributed by atoms with Crippen LogP contribution in [0.25, 0.3) is 0 Å². The van der Waals surface area contributed by atoms with Gasteiger partial charge in [0, 0.05) is 24.8 Å². The van der Waals surface area contributed by atoms with Gasteiger partial charge in [-0.3, -0.25) is 4.68 Å². The number of rotatable bonds is 10. The van der Waals surface area contributed by atoms with Gasteiger partial charge in [0.05, 0.1) is 27.9 Å². The van der Waals surface area contributed by atoms with Crippen molar-refractivity contribution >= 4 is 5.82 Å². The molecule has 0 atom stereocenters. The average molecular weight is 458 g/mol. The number of aromatic nitrogens is 2. The van der Waals surface area contributed by atoms with Gasteiger partial charge in [0.2, 0.25) is 0 Å². The Morgan fingerprint density at radius 3 is 1.47 bits per heavy atom. The summed E-state index contributed by atoms with van der Waals surface area (Å²) in [5.74, 6) is 3.53. The Morgan fingerprint density at radius 2 is 1.06 bits per heavy atom. The second-order valence-electron chi connectivity index (χ2n) is 8.23. The molecule has 1 aromatic heterocycles. The highest BCUT2D eigenvalue weighted by atomic mass is 16.5. The summed E-state index contributed by atoms with van der Waals surface area (Å²) in [6, 6.07) is 24.5. The molecule has 4 rings (SSSR count). The Kier molecular flexibility index (Phi) is 7.38. The number of hydrogen-bond acceptors (Lipinski definition) is 5. The Morgan fingerprint density at radius 1 is 0.647 bits per heavy atom. The van der Waals surface area contributed by atoms with Crippen LogP contribution < -0.4 is 19.1 Å². The first-order valence-electron chi connectivity index (χ1n) is 11.3. The molecule has 0 aliphatic carbocycles. The maximum absolute atomic E-state index is 5.32. The highest BCUT2D eigenvalue weighted by Gasteiger charge is 2.16. The van der Waals surface area contributed by atoms with Gasteiger partial charge in [0.25, 0.3) is 0 Å². The van der Waals surface area contributed by atoms with Crippen molar-refractivity contribution in [3.8, 4) is 17.2 Å². The Bertz CT molecular complexity index is 1130. The van der Waals surface area contributed by atoms with E-state index >= 15 is 0 Å². The molecule has 0 aliphatic heterocycles. The topological polar surface area (TPSA) is 48.8 Å². The molecule has 0 N–H and O–H groups in total. The fourth-order valence-corrected chi connectivity index (χ4v) is 3.93. The number of aryl methyl sites for hydroxylation is 1. The van der Waals surface area contributed by atoms with Crippen molar-refractivity contribution in [3.63, 3.8) is 0 Å². The third kappa shape index (κ3) is 5.70. The lowest BCUT2D eigenvalue weighted by atomic mass is 10.1. The lowest BCUT2D eigenvalue weighted by Gasteiger charge is -2.24. The smallest absolute Gasteiger partial charge is 0.154 e. The van der Waals surface area contributed by atoms with Crippen molar-refractivity contribution in [2.75, 3.05) is 26.2 Å². The Balaban J connectivity index is 1.59. The summed E-state index contributed by atoms with van der Waals surface area (Å²) in [7, 11) is 5.05. The van der Waals surface area contributed by atoms with Gasteiger partial charge in [-0.15, -0.1) is 0 Å². The molecule has 34 heavy (non-hydrogen) atoms. The molecule has 0 fully saturated rings. The van der Waals surface area contributed by atoms with E-state index in [1.807, 2.05) is 41.1 Å². The first-order chi connectivity index (χ1) is 16.6. The predicted octanol–water partition coefficient (Wildman–Crippen LogP) is 5.47. The second kappa shape index (κ2) is 10.8. The molecule has 0 bridgehead atoms. The molecule has 0 unspecified atom stereocenters. The molecular formula is C28H31N3O3. The van der Waals surface area contributed by atoms with Crippen LogP contribution in [0.3, 0.4) is 0 Å².